The van der Waals surface area contributed by atoms with Gasteiger partial charge >= 0.3 is 18.3 Å². The maximum atomic E-state index is 13.3. The van der Waals surface area contributed by atoms with Crippen molar-refractivity contribution in [2.75, 3.05) is 32.7 Å². The fourth-order valence-corrected chi connectivity index (χ4v) is 7.12. The molecule has 1 fully saturated rings. The summed E-state index contributed by atoms with van der Waals surface area (Å²) in [7, 11) is 0. The second kappa shape index (κ2) is 14.5. The number of pyridine rings is 1. The van der Waals surface area contributed by atoms with Gasteiger partial charge in [-0.25, -0.2) is 14.4 Å². The summed E-state index contributed by atoms with van der Waals surface area (Å²) in [5.41, 5.74) is -0.506. The van der Waals surface area contributed by atoms with E-state index in [2.05, 4.69) is 9.88 Å². The van der Waals surface area contributed by atoms with Crippen LogP contribution < -0.4 is 0 Å². The number of nitrogens with zero attached hydrogens (tertiary/aromatic N) is 5. The molecule has 3 amide bonds. The number of fused-ring (bicyclic) bond motifs is 1. The number of phenols is 1. The van der Waals surface area contributed by atoms with Gasteiger partial charge in [-0.2, -0.15) is 0 Å². The van der Waals surface area contributed by atoms with E-state index in [1.54, 1.807) is 18.3 Å². The summed E-state index contributed by atoms with van der Waals surface area (Å²) in [4.78, 5) is 49.6. The van der Waals surface area contributed by atoms with Crippen LogP contribution in [0.25, 0.3) is 10.9 Å². The lowest BCUT2D eigenvalue weighted by Crippen LogP contribution is -2.67. The summed E-state index contributed by atoms with van der Waals surface area (Å²) < 4.78 is 0. The minimum Gasteiger partial charge on any atom is -0.506 e. The van der Waals surface area contributed by atoms with E-state index in [-0.39, 0.29) is 31.8 Å². The van der Waals surface area contributed by atoms with Crippen molar-refractivity contribution in [3.8, 4) is 5.75 Å². The van der Waals surface area contributed by atoms with Gasteiger partial charge in [0.25, 0.3) is 0 Å². The van der Waals surface area contributed by atoms with Gasteiger partial charge in [0.05, 0.1) is 12.1 Å². The first-order valence-corrected chi connectivity index (χ1v) is 16.4. The molecular weight excluding hydrogens is 602 g/mol. The van der Waals surface area contributed by atoms with E-state index < -0.39 is 52.7 Å². The van der Waals surface area contributed by atoms with Gasteiger partial charge in [0, 0.05) is 56.9 Å². The van der Waals surface area contributed by atoms with Crippen LogP contribution >= 0.6 is 0 Å². The quantitative estimate of drug-likeness (QED) is 0.275. The highest BCUT2D eigenvalue weighted by Crippen LogP contribution is 2.42. The zero-order chi connectivity index (χ0) is 35.5. The molecule has 0 spiro atoms. The first-order valence-electron chi connectivity index (χ1n) is 16.4. The van der Waals surface area contributed by atoms with Crippen LogP contribution in [-0.2, 0) is 6.54 Å². The molecule has 1 aliphatic heterocycles. The maximum absolute atomic E-state index is 13.3. The van der Waals surface area contributed by atoms with Crippen LogP contribution in [0.4, 0.5) is 14.4 Å². The lowest BCUT2D eigenvalue weighted by atomic mass is 9.69. The Morgan fingerprint density at radius 1 is 0.766 bits per heavy atom. The van der Waals surface area contributed by atoms with Crippen molar-refractivity contribution < 1.29 is 34.8 Å². The van der Waals surface area contributed by atoms with Crippen molar-refractivity contribution in [2.24, 2.45) is 16.2 Å². The second-order valence-electron chi connectivity index (χ2n) is 16.0. The third-order valence-corrected chi connectivity index (χ3v) is 9.25. The Morgan fingerprint density at radius 2 is 1.40 bits per heavy atom. The molecule has 4 N–H and O–H groups in total. The fraction of sp³-hybridized carbons (Fsp3) is 0.657. The summed E-state index contributed by atoms with van der Waals surface area (Å²) in [6, 6.07) is 5.07. The van der Waals surface area contributed by atoms with Crippen LogP contribution in [0.1, 0.15) is 80.7 Å². The van der Waals surface area contributed by atoms with E-state index in [9.17, 15) is 34.8 Å². The first-order chi connectivity index (χ1) is 21.6. The molecule has 12 nitrogen and oxygen atoms in total. The van der Waals surface area contributed by atoms with Crippen molar-refractivity contribution in [2.45, 2.75) is 99.8 Å². The van der Waals surface area contributed by atoms with Crippen LogP contribution in [-0.4, -0.2) is 114 Å². The molecular formula is C35H55N5O7. The highest BCUT2D eigenvalue weighted by atomic mass is 16.4. The first kappa shape index (κ1) is 37.7. The number of amides is 3. The molecule has 2 heterocycles. The number of aromatic hydroxyl groups is 1. The highest BCUT2D eigenvalue weighted by Gasteiger charge is 2.51. The zero-order valence-electron chi connectivity index (χ0n) is 29.5. The molecule has 3 unspecified atom stereocenters. The summed E-state index contributed by atoms with van der Waals surface area (Å²) in [6.45, 7) is 19.2. The standard InChI is InChI=1S/C35H55N5O7/c1-33(2,3)26-15-19-38(30(42)43)21-20-37(22-23-13-14-25(41)27-24(23)12-10-16-36-27)17-11-18-39(31(44)45)28(34(4,5)6)29(35(7,8)9)40(26)32(46)47/h10,12-14,16,26,28-29,41H,11,15,17-22H2,1-9H3,(H,42,43)(H,44,45)(H,46,47). The minimum absolute atomic E-state index is 0.0740. The van der Waals surface area contributed by atoms with E-state index in [1.807, 2.05) is 74.4 Å². The number of rotatable bonds is 2. The van der Waals surface area contributed by atoms with Crippen molar-refractivity contribution in [3.05, 3.63) is 36.0 Å². The number of carbonyl (C=O) groups is 3. The molecule has 1 aromatic heterocycles. The van der Waals surface area contributed by atoms with Crippen molar-refractivity contribution in [1.82, 2.24) is 24.6 Å². The number of carboxylic acid groups (broad SMARTS) is 3. The summed E-state index contributed by atoms with van der Waals surface area (Å²) in [5.74, 6) is 0.0740. The van der Waals surface area contributed by atoms with Crippen LogP contribution in [0.3, 0.4) is 0 Å². The third kappa shape index (κ3) is 9.18. The Balaban J connectivity index is 2.17. The molecule has 1 aromatic carbocycles. The zero-order valence-corrected chi connectivity index (χ0v) is 29.5. The molecule has 1 saturated heterocycles. The predicted octanol–water partition coefficient (Wildman–Crippen LogP) is 6.72. The van der Waals surface area contributed by atoms with Gasteiger partial charge in [0.1, 0.15) is 11.3 Å². The predicted molar refractivity (Wildman–Crippen MR) is 182 cm³/mol. The van der Waals surface area contributed by atoms with E-state index in [0.29, 0.717) is 31.6 Å². The third-order valence-electron chi connectivity index (χ3n) is 9.25. The van der Waals surface area contributed by atoms with E-state index in [1.165, 1.54) is 14.7 Å². The van der Waals surface area contributed by atoms with Gasteiger partial charge in [-0.05, 0) is 46.8 Å². The second-order valence-corrected chi connectivity index (χ2v) is 16.0. The number of hydrogen-bond acceptors (Lipinski definition) is 6. The fourth-order valence-electron chi connectivity index (χ4n) is 7.12. The van der Waals surface area contributed by atoms with Crippen LogP contribution in [0.15, 0.2) is 30.5 Å². The molecule has 262 valence electrons. The molecule has 12 heteroatoms. The van der Waals surface area contributed by atoms with Crippen LogP contribution in [0, 0.1) is 16.2 Å². The van der Waals surface area contributed by atoms with Crippen molar-refractivity contribution >= 4 is 29.2 Å². The van der Waals surface area contributed by atoms with Gasteiger partial charge < -0.3 is 30.2 Å². The Bertz CT molecular complexity index is 1410. The Kier molecular flexibility index (Phi) is 11.6. The SMILES string of the molecule is CC(C)(C)C1C(C(C)(C)C)N(C(=O)O)C(C(C)(C)C)CCN(C(=O)O)CCN(Cc2ccc(O)c3ncccc23)CCCN1C(=O)O. The molecule has 0 radical (unpaired) electrons. The molecule has 0 bridgehead atoms. The molecule has 3 atom stereocenters. The van der Waals surface area contributed by atoms with E-state index in [0.717, 1.165) is 10.9 Å². The average molecular weight is 658 g/mol. The highest BCUT2D eigenvalue weighted by molar-refractivity contribution is 5.87. The minimum atomic E-state index is -1.15. The molecule has 47 heavy (non-hydrogen) atoms. The van der Waals surface area contributed by atoms with Crippen LogP contribution in [0.5, 0.6) is 5.75 Å². The van der Waals surface area contributed by atoms with Gasteiger partial charge in [0.2, 0.25) is 0 Å². The van der Waals surface area contributed by atoms with Gasteiger partial charge in [0.15, 0.2) is 0 Å². The van der Waals surface area contributed by atoms with Crippen molar-refractivity contribution in [3.63, 3.8) is 0 Å². The lowest BCUT2D eigenvalue weighted by Gasteiger charge is -2.55. The molecule has 0 aliphatic carbocycles. The number of aromatic nitrogens is 1. The summed E-state index contributed by atoms with van der Waals surface area (Å²) >= 11 is 0. The lowest BCUT2D eigenvalue weighted by molar-refractivity contribution is -0.0540. The number of hydrogen-bond donors (Lipinski definition) is 4. The average Bonchev–Trinajstić information content (AvgIpc) is 2.93. The number of benzene rings is 1. The molecule has 3 rings (SSSR count). The summed E-state index contributed by atoms with van der Waals surface area (Å²) in [6.07, 6.45) is -1.04. The van der Waals surface area contributed by atoms with Gasteiger partial charge in [-0.1, -0.05) is 74.4 Å². The molecule has 1 aliphatic rings. The van der Waals surface area contributed by atoms with E-state index in [4.69, 9.17) is 0 Å². The van der Waals surface area contributed by atoms with Crippen molar-refractivity contribution in [1.29, 1.82) is 0 Å². The van der Waals surface area contributed by atoms with Gasteiger partial charge in [-0.15, -0.1) is 0 Å². The smallest absolute Gasteiger partial charge is 0.407 e. The maximum Gasteiger partial charge on any atom is 0.407 e. The Hall–Kier alpha value is -3.80. The van der Waals surface area contributed by atoms with Gasteiger partial charge in [-0.3, -0.25) is 14.8 Å². The monoisotopic (exact) mass is 657 g/mol. The number of phenolic OH excluding ortho intramolecular Hbond substituents is 1. The largest absolute Gasteiger partial charge is 0.506 e. The summed E-state index contributed by atoms with van der Waals surface area (Å²) in [5, 5.41) is 43.0. The topological polar surface area (TPSA) is 158 Å². The molecule has 0 saturated carbocycles. The molecule has 2 aromatic rings. The van der Waals surface area contributed by atoms with Crippen LogP contribution in [0.2, 0.25) is 0 Å². The normalized spacial score (nSPS) is 21.8. The Labute approximate surface area is 279 Å². The Morgan fingerprint density at radius 3 is 1.94 bits per heavy atom. The van der Waals surface area contributed by atoms with E-state index >= 15 is 0 Å².